The summed E-state index contributed by atoms with van der Waals surface area (Å²) in [5.41, 5.74) is 0.786. The molecule has 4 N–H and O–H groups in total. The zero-order valence-corrected chi connectivity index (χ0v) is 19.0. The highest BCUT2D eigenvalue weighted by molar-refractivity contribution is 6.45. The largest absolute Gasteiger partial charge is 0.481 e. The van der Waals surface area contributed by atoms with E-state index in [0.717, 1.165) is 5.56 Å². The lowest BCUT2D eigenvalue weighted by Crippen LogP contribution is -2.49. The summed E-state index contributed by atoms with van der Waals surface area (Å²) in [6, 6.07) is 3.78. The highest BCUT2D eigenvalue weighted by atomic mass is 16.5. The molecule has 14 heteroatoms. The van der Waals surface area contributed by atoms with Gasteiger partial charge in [0.1, 0.15) is 18.7 Å². The van der Waals surface area contributed by atoms with E-state index in [1.165, 1.54) is 0 Å². The Balaban J connectivity index is 1.91. The van der Waals surface area contributed by atoms with E-state index in [9.17, 15) is 43.8 Å². The molecule has 0 aromatic heterocycles. The zero-order chi connectivity index (χ0) is 26.8. The van der Waals surface area contributed by atoms with Crippen molar-refractivity contribution < 1.29 is 53.6 Å². The Morgan fingerprint density at radius 1 is 0.833 bits per heavy atom. The van der Waals surface area contributed by atoms with Crippen molar-refractivity contribution >= 4 is 41.8 Å². The predicted molar refractivity (Wildman–Crippen MR) is 117 cm³/mol. The highest BCUT2D eigenvalue weighted by Gasteiger charge is 2.53. The van der Waals surface area contributed by atoms with Crippen LogP contribution >= 0.6 is 0 Å². The fraction of sp³-hybridized carbons (Fsp3) is 0.409. The highest BCUT2D eigenvalue weighted by Crippen LogP contribution is 2.23. The number of urea groups is 1. The van der Waals surface area contributed by atoms with Gasteiger partial charge in [-0.1, -0.05) is 30.3 Å². The van der Waals surface area contributed by atoms with Gasteiger partial charge in [0.2, 0.25) is 0 Å². The second-order valence-electron chi connectivity index (χ2n) is 7.76. The lowest BCUT2D eigenvalue weighted by molar-refractivity contribution is -0.152. The van der Waals surface area contributed by atoms with E-state index in [1.54, 1.807) is 24.3 Å². The summed E-state index contributed by atoms with van der Waals surface area (Å²) < 4.78 is 5.03. The summed E-state index contributed by atoms with van der Waals surface area (Å²) in [5, 5.41) is 30.1. The number of carbonyl (C=O) groups excluding carboxylic acids is 4. The molecule has 2 atom stereocenters. The van der Waals surface area contributed by atoms with Crippen LogP contribution < -0.4 is 5.32 Å². The van der Waals surface area contributed by atoms with Crippen LogP contribution in [-0.4, -0.2) is 85.6 Å². The van der Waals surface area contributed by atoms with Gasteiger partial charge in [-0.25, -0.2) is 29.0 Å². The first-order valence-corrected chi connectivity index (χ1v) is 10.9. The van der Waals surface area contributed by atoms with Gasteiger partial charge in [0.05, 0.1) is 0 Å². The van der Waals surface area contributed by atoms with E-state index in [4.69, 9.17) is 9.84 Å². The SMILES string of the molecule is O=C(O)CCC(C(=O)O)N1C(=O)C(=O)N(C(CCCCNC(=O)OCc2ccccc2)C(=O)O)C1=O. The molecule has 1 aliphatic rings. The Kier molecular flexibility index (Phi) is 9.89. The Hall–Kier alpha value is -4.49. The first kappa shape index (κ1) is 27.8. The van der Waals surface area contributed by atoms with Crippen molar-refractivity contribution in [3.63, 3.8) is 0 Å². The average Bonchev–Trinajstić information content (AvgIpc) is 3.03. The summed E-state index contributed by atoms with van der Waals surface area (Å²) >= 11 is 0. The van der Waals surface area contributed by atoms with Crippen LogP contribution in [0.15, 0.2) is 30.3 Å². The lowest BCUT2D eigenvalue weighted by Gasteiger charge is -2.24. The number of carboxylic acids is 3. The van der Waals surface area contributed by atoms with Gasteiger partial charge < -0.3 is 25.4 Å². The van der Waals surface area contributed by atoms with E-state index < -0.39 is 66.8 Å². The van der Waals surface area contributed by atoms with Gasteiger partial charge in [-0.2, -0.15) is 0 Å². The molecule has 1 aliphatic heterocycles. The monoisotopic (exact) mass is 507 g/mol. The first-order chi connectivity index (χ1) is 17.0. The van der Waals surface area contributed by atoms with Crippen molar-refractivity contribution in [1.29, 1.82) is 0 Å². The summed E-state index contributed by atoms with van der Waals surface area (Å²) in [5.74, 6) is -7.77. The summed E-state index contributed by atoms with van der Waals surface area (Å²) in [6.07, 6.45) is -1.97. The smallest absolute Gasteiger partial charge is 0.407 e. The molecule has 36 heavy (non-hydrogen) atoms. The van der Waals surface area contributed by atoms with Crippen LogP contribution in [0.3, 0.4) is 0 Å². The number of unbranched alkanes of at least 4 members (excludes halogenated alkanes) is 1. The topological polar surface area (TPSA) is 208 Å². The van der Waals surface area contributed by atoms with Crippen LogP contribution in [0.2, 0.25) is 0 Å². The standard InChI is InChI=1S/C22H25N3O11/c26-16(27)10-9-15(20(32)33)25-18(29)17(28)24(22(25)35)14(19(30)31)8-4-5-11-23-21(34)36-12-13-6-2-1-3-7-13/h1-3,6-7,14-15H,4-5,8-12H2,(H,23,34)(H,26,27)(H,30,31)(H,32,33). The van der Waals surface area contributed by atoms with Gasteiger partial charge in [0, 0.05) is 13.0 Å². The molecule has 0 spiro atoms. The molecule has 1 aromatic rings. The maximum atomic E-state index is 12.7. The van der Waals surface area contributed by atoms with Crippen molar-refractivity contribution in [3.8, 4) is 0 Å². The number of rotatable bonds is 14. The number of carbonyl (C=O) groups is 7. The van der Waals surface area contributed by atoms with E-state index in [2.05, 4.69) is 5.32 Å². The van der Waals surface area contributed by atoms with Gasteiger partial charge in [-0.15, -0.1) is 0 Å². The minimum absolute atomic E-state index is 0.0568. The molecule has 2 unspecified atom stereocenters. The third-order valence-corrected chi connectivity index (χ3v) is 5.24. The number of ether oxygens (including phenoxy) is 1. The van der Waals surface area contributed by atoms with Gasteiger partial charge in [-0.05, 0) is 31.2 Å². The summed E-state index contributed by atoms with van der Waals surface area (Å²) in [6.45, 7) is 0.157. The normalized spacial score (nSPS) is 14.9. The minimum Gasteiger partial charge on any atom is -0.481 e. The van der Waals surface area contributed by atoms with Gasteiger partial charge in [0.25, 0.3) is 0 Å². The number of benzene rings is 1. The zero-order valence-electron chi connectivity index (χ0n) is 19.0. The molecule has 14 nitrogen and oxygen atoms in total. The number of carboxylic acid groups (broad SMARTS) is 3. The number of aliphatic carboxylic acids is 3. The van der Waals surface area contributed by atoms with Crippen molar-refractivity contribution in [2.24, 2.45) is 0 Å². The Labute approximate surface area is 204 Å². The van der Waals surface area contributed by atoms with Gasteiger partial charge in [0.15, 0.2) is 0 Å². The second-order valence-corrected chi connectivity index (χ2v) is 7.76. The Bertz CT molecular complexity index is 1030. The third-order valence-electron chi connectivity index (χ3n) is 5.24. The maximum absolute atomic E-state index is 12.7. The molecular weight excluding hydrogens is 482 g/mol. The number of nitrogens with one attached hydrogen (secondary N) is 1. The number of nitrogens with zero attached hydrogens (tertiary/aromatic N) is 2. The third kappa shape index (κ3) is 7.25. The molecule has 0 aliphatic carbocycles. The summed E-state index contributed by atoms with van der Waals surface area (Å²) in [4.78, 5) is 83.4. The molecule has 1 heterocycles. The minimum atomic E-state index is -1.95. The summed E-state index contributed by atoms with van der Waals surface area (Å²) in [7, 11) is 0. The van der Waals surface area contributed by atoms with Crippen molar-refractivity contribution in [1.82, 2.24) is 15.1 Å². The molecule has 1 fully saturated rings. The average molecular weight is 507 g/mol. The number of imide groups is 2. The van der Waals surface area contributed by atoms with Gasteiger partial charge in [-0.3, -0.25) is 14.4 Å². The maximum Gasteiger partial charge on any atom is 0.407 e. The van der Waals surface area contributed by atoms with Crippen LogP contribution in [-0.2, 0) is 35.3 Å². The second kappa shape index (κ2) is 12.8. The van der Waals surface area contributed by atoms with Gasteiger partial charge >= 0.3 is 41.8 Å². The molecule has 0 bridgehead atoms. The predicted octanol–water partition coefficient (Wildman–Crippen LogP) is 0.645. The molecule has 0 saturated carbocycles. The molecule has 1 aromatic carbocycles. The molecule has 194 valence electrons. The molecule has 0 radical (unpaired) electrons. The first-order valence-electron chi connectivity index (χ1n) is 10.9. The van der Waals surface area contributed by atoms with Crippen LogP contribution in [0, 0.1) is 0 Å². The van der Waals surface area contributed by atoms with Crippen LogP contribution in [0.1, 0.15) is 37.7 Å². The number of amides is 5. The molecule has 5 amide bonds. The fourth-order valence-corrected chi connectivity index (χ4v) is 3.46. The van der Waals surface area contributed by atoms with E-state index >= 15 is 0 Å². The van der Waals surface area contributed by atoms with Crippen molar-refractivity contribution in [2.45, 2.75) is 50.8 Å². The quantitative estimate of drug-likeness (QED) is 0.156. The van der Waals surface area contributed by atoms with Crippen LogP contribution in [0.25, 0.3) is 0 Å². The lowest BCUT2D eigenvalue weighted by atomic mass is 10.1. The Morgan fingerprint density at radius 2 is 1.39 bits per heavy atom. The fourth-order valence-electron chi connectivity index (χ4n) is 3.46. The van der Waals surface area contributed by atoms with Crippen LogP contribution in [0.5, 0.6) is 0 Å². The number of hydrogen-bond acceptors (Lipinski definition) is 8. The van der Waals surface area contributed by atoms with E-state index in [1.807, 2.05) is 6.07 Å². The molecule has 1 saturated heterocycles. The molecule has 2 rings (SSSR count). The van der Waals surface area contributed by atoms with E-state index in [0.29, 0.717) is 0 Å². The number of hydrogen-bond donors (Lipinski definition) is 4. The van der Waals surface area contributed by atoms with E-state index in [-0.39, 0.29) is 42.2 Å². The Morgan fingerprint density at radius 3 is 1.92 bits per heavy atom. The van der Waals surface area contributed by atoms with Crippen LogP contribution in [0.4, 0.5) is 9.59 Å². The molecular formula is C22H25N3O11. The van der Waals surface area contributed by atoms with Crippen molar-refractivity contribution in [2.75, 3.05) is 6.54 Å². The van der Waals surface area contributed by atoms with Crippen molar-refractivity contribution in [3.05, 3.63) is 35.9 Å². The number of alkyl carbamates (subject to hydrolysis) is 1.